The van der Waals surface area contributed by atoms with E-state index in [9.17, 15) is 0 Å². The molecule has 3 rings (SSSR count). The first-order valence-electron chi connectivity index (χ1n) is 5.76. The SMILES string of the molecule is Cc1noc(C)c1CSc1nnc(-c2ccc[nH]2)o1. The molecule has 7 heteroatoms. The van der Waals surface area contributed by atoms with E-state index in [1.807, 2.05) is 32.2 Å². The van der Waals surface area contributed by atoms with Crippen LogP contribution < -0.4 is 0 Å². The van der Waals surface area contributed by atoms with Gasteiger partial charge in [0.05, 0.1) is 5.69 Å². The average Bonchev–Trinajstić information content (AvgIpc) is 3.10. The fraction of sp³-hybridized carbons (Fsp3) is 0.250. The number of aromatic amines is 1. The highest BCUT2D eigenvalue weighted by atomic mass is 32.2. The van der Waals surface area contributed by atoms with Gasteiger partial charge < -0.3 is 13.9 Å². The van der Waals surface area contributed by atoms with E-state index >= 15 is 0 Å². The summed E-state index contributed by atoms with van der Waals surface area (Å²) >= 11 is 1.47. The molecule has 0 aliphatic rings. The van der Waals surface area contributed by atoms with Crippen molar-refractivity contribution < 1.29 is 8.94 Å². The number of nitrogens with one attached hydrogen (secondary N) is 1. The van der Waals surface area contributed by atoms with E-state index in [0.29, 0.717) is 16.9 Å². The smallest absolute Gasteiger partial charge is 0.277 e. The molecule has 0 radical (unpaired) electrons. The molecule has 6 nitrogen and oxygen atoms in total. The van der Waals surface area contributed by atoms with E-state index in [0.717, 1.165) is 22.7 Å². The third kappa shape index (κ3) is 2.41. The van der Waals surface area contributed by atoms with Gasteiger partial charge >= 0.3 is 0 Å². The van der Waals surface area contributed by atoms with Crippen LogP contribution in [0, 0.1) is 13.8 Å². The van der Waals surface area contributed by atoms with Crippen molar-refractivity contribution in [3.05, 3.63) is 35.3 Å². The summed E-state index contributed by atoms with van der Waals surface area (Å²) in [6, 6.07) is 3.77. The van der Waals surface area contributed by atoms with Crippen LogP contribution >= 0.6 is 11.8 Å². The van der Waals surface area contributed by atoms with Crippen molar-refractivity contribution in [1.82, 2.24) is 20.3 Å². The quantitative estimate of drug-likeness (QED) is 0.738. The molecule has 3 aromatic rings. The molecule has 0 saturated heterocycles. The Bertz CT molecular complexity index is 652. The number of aromatic nitrogens is 4. The van der Waals surface area contributed by atoms with Gasteiger partial charge in [-0.1, -0.05) is 16.9 Å². The van der Waals surface area contributed by atoms with Crippen LogP contribution in [-0.4, -0.2) is 20.3 Å². The Morgan fingerprint density at radius 1 is 1.32 bits per heavy atom. The molecule has 0 fully saturated rings. The summed E-state index contributed by atoms with van der Waals surface area (Å²) in [7, 11) is 0. The maximum absolute atomic E-state index is 5.56. The van der Waals surface area contributed by atoms with Crippen LogP contribution in [0.2, 0.25) is 0 Å². The van der Waals surface area contributed by atoms with Crippen LogP contribution in [-0.2, 0) is 5.75 Å². The minimum absolute atomic E-state index is 0.492. The Morgan fingerprint density at radius 2 is 2.21 bits per heavy atom. The predicted octanol–water partition coefficient (Wildman–Crippen LogP) is 2.96. The van der Waals surface area contributed by atoms with Gasteiger partial charge in [-0.05, 0) is 26.0 Å². The summed E-state index contributed by atoms with van der Waals surface area (Å²) in [5.74, 6) is 2.02. The third-order valence-corrected chi connectivity index (χ3v) is 3.60. The van der Waals surface area contributed by atoms with Crippen molar-refractivity contribution >= 4 is 11.8 Å². The zero-order valence-electron chi connectivity index (χ0n) is 10.5. The maximum Gasteiger partial charge on any atom is 0.277 e. The van der Waals surface area contributed by atoms with E-state index in [1.165, 1.54) is 11.8 Å². The van der Waals surface area contributed by atoms with Crippen LogP contribution in [0.3, 0.4) is 0 Å². The Hall–Kier alpha value is -2.02. The molecule has 0 bridgehead atoms. The van der Waals surface area contributed by atoms with Crippen molar-refractivity contribution in [2.75, 3.05) is 0 Å². The zero-order valence-corrected chi connectivity index (χ0v) is 11.3. The van der Waals surface area contributed by atoms with Gasteiger partial charge in [0.2, 0.25) is 0 Å². The fourth-order valence-electron chi connectivity index (χ4n) is 1.68. The van der Waals surface area contributed by atoms with E-state index in [4.69, 9.17) is 8.94 Å². The van der Waals surface area contributed by atoms with Gasteiger partial charge in [0.25, 0.3) is 11.1 Å². The van der Waals surface area contributed by atoms with Crippen molar-refractivity contribution in [2.24, 2.45) is 0 Å². The average molecular weight is 276 g/mol. The van der Waals surface area contributed by atoms with Crippen molar-refractivity contribution in [1.29, 1.82) is 0 Å². The standard InChI is InChI=1S/C12H12N4O2S/c1-7-9(8(2)18-16-7)6-19-12-15-14-11(17-12)10-4-3-5-13-10/h3-5,13H,6H2,1-2H3. The summed E-state index contributed by atoms with van der Waals surface area (Å²) in [6.45, 7) is 3.82. The summed E-state index contributed by atoms with van der Waals surface area (Å²) in [4.78, 5) is 3.02. The first-order chi connectivity index (χ1) is 9.24. The second kappa shape index (κ2) is 4.93. The van der Waals surface area contributed by atoms with E-state index in [1.54, 1.807) is 0 Å². The molecule has 0 unspecified atom stereocenters. The number of nitrogens with zero attached hydrogens (tertiary/aromatic N) is 3. The highest BCUT2D eigenvalue weighted by Crippen LogP contribution is 2.27. The summed E-state index contributed by atoms with van der Waals surface area (Å²) in [5, 5.41) is 12.4. The lowest BCUT2D eigenvalue weighted by molar-refractivity contribution is 0.392. The molecule has 19 heavy (non-hydrogen) atoms. The summed E-state index contributed by atoms with van der Waals surface area (Å²) in [6.07, 6.45) is 1.82. The molecule has 1 N–H and O–H groups in total. The molecule has 0 aromatic carbocycles. The molecule has 98 valence electrons. The van der Waals surface area contributed by atoms with Crippen LogP contribution in [0.4, 0.5) is 0 Å². The van der Waals surface area contributed by atoms with E-state index in [2.05, 4.69) is 20.3 Å². The summed E-state index contributed by atoms with van der Waals surface area (Å²) in [5.41, 5.74) is 2.79. The van der Waals surface area contributed by atoms with E-state index < -0.39 is 0 Å². The number of hydrogen-bond donors (Lipinski definition) is 1. The lowest BCUT2D eigenvalue weighted by Crippen LogP contribution is -1.84. The first kappa shape index (κ1) is 12.0. The van der Waals surface area contributed by atoms with Crippen LogP contribution in [0.1, 0.15) is 17.0 Å². The van der Waals surface area contributed by atoms with E-state index in [-0.39, 0.29) is 0 Å². The molecule has 0 saturated carbocycles. The summed E-state index contributed by atoms with van der Waals surface area (Å²) < 4.78 is 10.7. The van der Waals surface area contributed by atoms with Gasteiger partial charge in [-0.3, -0.25) is 0 Å². The number of H-pyrrole nitrogens is 1. The Labute approximate surface area is 113 Å². The number of rotatable bonds is 4. The predicted molar refractivity (Wildman–Crippen MR) is 69.6 cm³/mol. The molecule has 0 aliphatic heterocycles. The fourth-order valence-corrected chi connectivity index (χ4v) is 2.60. The van der Waals surface area contributed by atoms with Gasteiger partial charge in [0, 0.05) is 17.5 Å². The normalized spacial score (nSPS) is 11.1. The Morgan fingerprint density at radius 3 is 2.89 bits per heavy atom. The van der Waals surface area contributed by atoms with Crippen LogP contribution in [0.25, 0.3) is 11.6 Å². The number of thioether (sulfide) groups is 1. The highest BCUT2D eigenvalue weighted by Gasteiger charge is 2.13. The second-order valence-electron chi connectivity index (χ2n) is 4.05. The van der Waals surface area contributed by atoms with Gasteiger partial charge in [0.15, 0.2) is 0 Å². The van der Waals surface area contributed by atoms with Crippen LogP contribution in [0.15, 0.2) is 32.5 Å². The third-order valence-electron chi connectivity index (χ3n) is 2.76. The van der Waals surface area contributed by atoms with Gasteiger partial charge in [-0.25, -0.2) is 0 Å². The van der Waals surface area contributed by atoms with Gasteiger partial charge in [-0.2, -0.15) is 0 Å². The highest BCUT2D eigenvalue weighted by molar-refractivity contribution is 7.98. The van der Waals surface area contributed by atoms with Crippen molar-refractivity contribution in [3.8, 4) is 11.6 Å². The molecule has 0 atom stereocenters. The van der Waals surface area contributed by atoms with Gasteiger partial charge in [0.1, 0.15) is 11.5 Å². The Balaban J connectivity index is 1.71. The minimum atomic E-state index is 0.492. The molecular weight excluding hydrogens is 264 g/mol. The monoisotopic (exact) mass is 276 g/mol. The molecule has 0 amide bonds. The first-order valence-corrected chi connectivity index (χ1v) is 6.74. The molecule has 0 aliphatic carbocycles. The van der Waals surface area contributed by atoms with Gasteiger partial charge in [-0.15, -0.1) is 10.2 Å². The lowest BCUT2D eigenvalue weighted by atomic mass is 10.2. The van der Waals surface area contributed by atoms with Crippen molar-refractivity contribution in [3.63, 3.8) is 0 Å². The lowest BCUT2D eigenvalue weighted by Gasteiger charge is -1.95. The molecule has 0 spiro atoms. The number of hydrogen-bond acceptors (Lipinski definition) is 6. The number of aryl methyl sites for hydroxylation is 2. The topological polar surface area (TPSA) is 80.7 Å². The molecular formula is C12H12N4O2S. The van der Waals surface area contributed by atoms with Crippen molar-refractivity contribution in [2.45, 2.75) is 24.8 Å². The molecule has 3 aromatic heterocycles. The van der Waals surface area contributed by atoms with Crippen LogP contribution in [0.5, 0.6) is 0 Å². The maximum atomic E-state index is 5.56. The zero-order chi connectivity index (χ0) is 13.2. The molecule has 3 heterocycles. The largest absolute Gasteiger partial charge is 0.410 e. The Kier molecular flexibility index (Phi) is 3.12. The second-order valence-corrected chi connectivity index (χ2v) is 4.97. The minimum Gasteiger partial charge on any atom is -0.410 e.